The zero-order valence-electron chi connectivity index (χ0n) is 20.6. The number of nitrogens with zero attached hydrogens (tertiary/aromatic N) is 1. The van der Waals surface area contributed by atoms with Gasteiger partial charge in [0.15, 0.2) is 6.61 Å². The fourth-order valence-electron chi connectivity index (χ4n) is 3.35. The Kier molecular flexibility index (Phi) is 8.99. The van der Waals surface area contributed by atoms with Crippen molar-refractivity contribution < 1.29 is 32.3 Å². The van der Waals surface area contributed by atoms with Crippen LogP contribution in [0.25, 0.3) is 0 Å². The number of nitrogens with one attached hydrogen (secondary N) is 2. The average Bonchev–Trinajstić information content (AvgIpc) is 2.88. The lowest BCUT2D eigenvalue weighted by Gasteiger charge is -2.19. The molecular formula is C26H27N3O7S. The van der Waals surface area contributed by atoms with Crippen molar-refractivity contribution in [2.75, 3.05) is 31.4 Å². The Bertz CT molecular complexity index is 1380. The Morgan fingerprint density at radius 3 is 2.11 bits per heavy atom. The van der Waals surface area contributed by atoms with Crippen LogP contribution in [-0.4, -0.2) is 51.3 Å². The van der Waals surface area contributed by atoms with Crippen molar-refractivity contribution in [1.82, 2.24) is 4.31 Å². The van der Waals surface area contributed by atoms with E-state index in [9.17, 15) is 22.8 Å². The Balaban J connectivity index is 1.67. The minimum Gasteiger partial charge on any atom is -0.495 e. The summed E-state index contributed by atoms with van der Waals surface area (Å²) < 4.78 is 37.9. The van der Waals surface area contributed by atoms with E-state index in [1.54, 1.807) is 36.4 Å². The summed E-state index contributed by atoms with van der Waals surface area (Å²) in [7, 11) is -1.26. The van der Waals surface area contributed by atoms with Gasteiger partial charge >= 0.3 is 5.97 Å². The number of rotatable bonds is 10. The van der Waals surface area contributed by atoms with Crippen LogP contribution in [0, 0.1) is 0 Å². The van der Waals surface area contributed by atoms with Gasteiger partial charge in [0.05, 0.1) is 12.7 Å². The summed E-state index contributed by atoms with van der Waals surface area (Å²) in [6.45, 7) is 0.912. The molecule has 0 spiro atoms. The summed E-state index contributed by atoms with van der Waals surface area (Å²) in [5.41, 5.74) is 1.74. The molecule has 11 heteroatoms. The third-order valence-corrected chi connectivity index (χ3v) is 6.98. The third-order valence-electron chi connectivity index (χ3n) is 5.16. The van der Waals surface area contributed by atoms with Gasteiger partial charge in [0.2, 0.25) is 15.9 Å². The number of hydrogen-bond acceptors (Lipinski definition) is 7. The smallest absolute Gasteiger partial charge is 0.338 e. The lowest BCUT2D eigenvalue weighted by atomic mass is 10.2. The van der Waals surface area contributed by atoms with Crippen LogP contribution >= 0.6 is 0 Å². The highest BCUT2D eigenvalue weighted by atomic mass is 32.2. The summed E-state index contributed by atoms with van der Waals surface area (Å²) in [4.78, 5) is 35.7. The van der Waals surface area contributed by atoms with Crippen molar-refractivity contribution >= 4 is 39.2 Å². The van der Waals surface area contributed by atoms with Crippen molar-refractivity contribution in [1.29, 1.82) is 0 Å². The number of ether oxygens (including phenoxy) is 2. The molecule has 0 radical (unpaired) electrons. The number of anilines is 2. The molecular weight excluding hydrogens is 498 g/mol. The minimum atomic E-state index is -4.02. The SMILES string of the molecule is COc1ccc(C(=O)OCC(=O)Nc2ccc(NC(C)=O)cc2)cc1S(=O)(=O)N(C)Cc1ccccc1. The Morgan fingerprint density at radius 1 is 0.892 bits per heavy atom. The van der Waals surface area contributed by atoms with E-state index in [-0.39, 0.29) is 28.7 Å². The molecule has 2 amide bonds. The molecule has 0 aromatic heterocycles. The first-order chi connectivity index (χ1) is 17.6. The van der Waals surface area contributed by atoms with Crippen LogP contribution in [0.5, 0.6) is 5.75 Å². The molecule has 0 aliphatic rings. The minimum absolute atomic E-state index is 0.0556. The largest absolute Gasteiger partial charge is 0.495 e. The molecule has 0 bridgehead atoms. The Hall–Kier alpha value is -4.22. The van der Waals surface area contributed by atoms with Gasteiger partial charge in [0, 0.05) is 31.9 Å². The number of carbonyl (C=O) groups excluding carboxylic acids is 3. The normalized spacial score (nSPS) is 11.0. The summed E-state index contributed by atoms with van der Waals surface area (Å²) in [5.74, 6) is -1.62. The Morgan fingerprint density at radius 2 is 1.51 bits per heavy atom. The molecule has 0 atom stereocenters. The second kappa shape index (κ2) is 12.2. The van der Waals surface area contributed by atoms with Crippen molar-refractivity contribution in [2.45, 2.75) is 18.4 Å². The van der Waals surface area contributed by atoms with Crippen LogP contribution < -0.4 is 15.4 Å². The molecule has 3 aromatic carbocycles. The number of sulfonamides is 1. The summed E-state index contributed by atoms with van der Waals surface area (Å²) in [6, 6.07) is 19.3. The first-order valence-corrected chi connectivity index (χ1v) is 12.6. The van der Waals surface area contributed by atoms with Gasteiger partial charge in [-0.25, -0.2) is 13.2 Å². The zero-order chi connectivity index (χ0) is 27.0. The van der Waals surface area contributed by atoms with E-state index >= 15 is 0 Å². The molecule has 0 saturated carbocycles. The van der Waals surface area contributed by atoms with Crippen LogP contribution in [-0.2, 0) is 30.9 Å². The van der Waals surface area contributed by atoms with E-state index in [2.05, 4.69) is 10.6 Å². The molecule has 194 valence electrons. The quantitative estimate of drug-likeness (QED) is 0.389. The second-order valence-electron chi connectivity index (χ2n) is 8.00. The predicted molar refractivity (Wildman–Crippen MR) is 138 cm³/mol. The molecule has 0 heterocycles. The van der Waals surface area contributed by atoms with Gasteiger partial charge in [-0.3, -0.25) is 9.59 Å². The highest BCUT2D eigenvalue weighted by Crippen LogP contribution is 2.28. The van der Waals surface area contributed by atoms with E-state index in [4.69, 9.17) is 9.47 Å². The zero-order valence-corrected chi connectivity index (χ0v) is 21.4. The van der Waals surface area contributed by atoms with E-state index in [0.29, 0.717) is 11.4 Å². The standard InChI is InChI=1S/C26H27N3O7S/c1-18(30)27-21-10-12-22(13-11-21)28-25(31)17-36-26(32)20-9-14-23(35-3)24(15-20)37(33,34)29(2)16-19-7-5-4-6-8-19/h4-15H,16-17H2,1-3H3,(H,27,30)(H,28,31). The molecule has 0 unspecified atom stereocenters. The van der Waals surface area contributed by atoms with E-state index in [1.165, 1.54) is 33.2 Å². The van der Waals surface area contributed by atoms with Crippen molar-refractivity contribution in [2.24, 2.45) is 0 Å². The topological polar surface area (TPSA) is 131 Å². The maximum atomic E-state index is 13.2. The molecule has 0 fully saturated rings. The molecule has 2 N–H and O–H groups in total. The van der Waals surface area contributed by atoms with E-state index in [1.807, 2.05) is 18.2 Å². The van der Waals surface area contributed by atoms with Crippen LogP contribution in [0.4, 0.5) is 11.4 Å². The average molecular weight is 526 g/mol. The van der Waals surface area contributed by atoms with Crippen LogP contribution in [0.1, 0.15) is 22.8 Å². The highest BCUT2D eigenvalue weighted by molar-refractivity contribution is 7.89. The van der Waals surface area contributed by atoms with Gasteiger partial charge in [0.25, 0.3) is 5.91 Å². The molecule has 37 heavy (non-hydrogen) atoms. The highest BCUT2D eigenvalue weighted by Gasteiger charge is 2.27. The van der Waals surface area contributed by atoms with Gasteiger partial charge < -0.3 is 20.1 Å². The Labute approximate surface area is 215 Å². The lowest BCUT2D eigenvalue weighted by Crippen LogP contribution is -2.27. The lowest BCUT2D eigenvalue weighted by molar-refractivity contribution is -0.119. The number of carbonyl (C=O) groups is 3. The van der Waals surface area contributed by atoms with Gasteiger partial charge in [-0.1, -0.05) is 30.3 Å². The monoisotopic (exact) mass is 525 g/mol. The van der Waals surface area contributed by atoms with E-state index in [0.717, 1.165) is 15.9 Å². The van der Waals surface area contributed by atoms with Gasteiger partial charge in [-0.05, 0) is 48.0 Å². The molecule has 0 aliphatic carbocycles. The second-order valence-corrected chi connectivity index (χ2v) is 10.0. The third kappa shape index (κ3) is 7.38. The van der Waals surface area contributed by atoms with Crippen molar-refractivity contribution in [3.63, 3.8) is 0 Å². The van der Waals surface area contributed by atoms with Crippen LogP contribution in [0.3, 0.4) is 0 Å². The number of esters is 1. The molecule has 3 rings (SSSR count). The predicted octanol–water partition coefficient (Wildman–Crippen LogP) is 3.27. The molecule has 10 nitrogen and oxygen atoms in total. The molecule has 0 aliphatic heterocycles. The van der Waals surface area contributed by atoms with E-state index < -0.39 is 28.5 Å². The van der Waals surface area contributed by atoms with Gasteiger partial charge in [-0.2, -0.15) is 4.31 Å². The van der Waals surface area contributed by atoms with Gasteiger partial charge in [-0.15, -0.1) is 0 Å². The molecule has 3 aromatic rings. The molecule has 0 saturated heterocycles. The fraction of sp³-hybridized carbons (Fsp3) is 0.192. The van der Waals surface area contributed by atoms with Crippen molar-refractivity contribution in [3.8, 4) is 5.75 Å². The summed E-state index contributed by atoms with van der Waals surface area (Å²) >= 11 is 0. The maximum Gasteiger partial charge on any atom is 0.338 e. The number of hydrogen-bond donors (Lipinski definition) is 2. The summed E-state index contributed by atoms with van der Waals surface area (Å²) in [6.07, 6.45) is 0. The van der Waals surface area contributed by atoms with Gasteiger partial charge in [0.1, 0.15) is 10.6 Å². The maximum absolute atomic E-state index is 13.2. The summed E-state index contributed by atoms with van der Waals surface area (Å²) in [5, 5.41) is 5.18. The first-order valence-electron chi connectivity index (χ1n) is 11.1. The fourth-order valence-corrected chi connectivity index (χ4v) is 4.69. The first kappa shape index (κ1) is 27.4. The number of methoxy groups -OCH3 is 1. The van der Waals surface area contributed by atoms with Crippen LogP contribution in [0.15, 0.2) is 77.7 Å². The number of benzene rings is 3. The van der Waals surface area contributed by atoms with Crippen molar-refractivity contribution in [3.05, 3.63) is 83.9 Å². The number of amides is 2. The van der Waals surface area contributed by atoms with Crippen LogP contribution in [0.2, 0.25) is 0 Å².